The molecule has 2 aromatic heterocycles. The number of carboxylic acids is 1. The Labute approximate surface area is 199 Å². The molecule has 178 valence electrons. The van der Waals surface area contributed by atoms with E-state index in [2.05, 4.69) is 15.0 Å². The van der Waals surface area contributed by atoms with Crippen LogP contribution in [0.25, 0.3) is 22.7 Å². The Bertz CT molecular complexity index is 1390. The number of likely N-dealkylation sites (tertiary alicyclic amines) is 1. The zero-order chi connectivity index (χ0) is 24.4. The molecule has 10 heteroatoms. The summed E-state index contributed by atoms with van der Waals surface area (Å²) in [5.41, 5.74) is 2.27. The number of nitrogens with zero attached hydrogens (tertiary/aromatic N) is 4. The summed E-state index contributed by atoms with van der Waals surface area (Å²) in [4.78, 5) is 37.9. The lowest BCUT2D eigenvalue weighted by molar-refractivity contribution is -0.148. The lowest BCUT2D eigenvalue weighted by Gasteiger charge is -2.21. The van der Waals surface area contributed by atoms with Crippen LogP contribution in [0.15, 0.2) is 59.1 Å². The van der Waals surface area contributed by atoms with Crippen molar-refractivity contribution in [2.24, 2.45) is 0 Å². The highest BCUT2D eigenvalue weighted by Crippen LogP contribution is 2.27. The van der Waals surface area contributed by atoms with Crippen LogP contribution in [0, 0.1) is 5.82 Å². The Balaban J connectivity index is 1.25. The number of fused-ring (bicyclic) bond motifs is 1. The van der Waals surface area contributed by atoms with Gasteiger partial charge in [0.05, 0.1) is 6.20 Å². The molecule has 1 aliphatic rings. The van der Waals surface area contributed by atoms with E-state index < -0.39 is 17.8 Å². The predicted molar refractivity (Wildman–Crippen MR) is 122 cm³/mol. The third kappa shape index (κ3) is 4.81. The molecule has 35 heavy (non-hydrogen) atoms. The molecule has 1 N–H and O–H groups in total. The minimum atomic E-state index is -0.950. The first kappa shape index (κ1) is 22.5. The van der Waals surface area contributed by atoms with Crippen molar-refractivity contribution < 1.29 is 28.2 Å². The molecule has 0 bridgehead atoms. The van der Waals surface area contributed by atoms with Crippen LogP contribution in [0.5, 0.6) is 11.8 Å². The number of ether oxygens (including phenoxy) is 1. The number of hydrogen-bond acceptors (Lipinski definition) is 7. The monoisotopic (exact) mass is 476 g/mol. The van der Waals surface area contributed by atoms with Gasteiger partial charge >= 0.3 is 12.0 Å². The number of para-hydroxylation sites is 1. The van der Waals surface area contributed by atoms with E-state index in [0.717, 1.165) is 5.56 Å². The lowest BCUT2D eigenvalue weighted by Crippen LogP contribution is -2.40. The van der Waals surface area contributed by atoms with Crippen LogP contribution in [0.3, 0.4) is 0 Å². The van der Waals surface area contributed by atoms with Gasteiger partial charge in [0, 0.05) is 18.5 Å². The van der Waals surface area contributed by atoms with Crippen molar-refractivity contribution in [2.45, 2.75) is 31.7 Å². The van der Waals surface area contributed by atoms with E-state index in [0.29, 0.717) is 42.8 Å². The van der Waals surface area contributed by atoms with Crippen molar-refractivity contribution in [2.75, 3.05) is 6.54 Å². The zero-order valence-corrected chi connectivity index (χ0v) is 18.6. The van der Waals surface area contributed by atoms with Crippen molar-refractivity contribution in [1.29, 1.82) is 0 Å². The van der Waals surface area contributed by atoms with Crippen molar-refractivity contribution >= 4 is 23.1 Å². The molecule has 1 aliphatic heterocycles. The van der Waals surface area contributed by atoms with Crippen molar-refractivity contribution in [3.8, 4) is 23.2 Å². The Morgan fingerprint density at radius 3 is 2.71 bits per heavy atom. The van der Waals surface area contributed by atoms with E-state index in [1.165, 1.54) is 23.2 Å². The van der Waals surface area contributed by atoms with Gasteiger partial charge in [-0.3, -0.25) is 4.79 Å². The van der Waals surface area contributed by atoms with Crippen molar-refractivity contribution in [3.05, 3.63) is 66.1 Å². The van der Waals surface area contributed by atoms with Gasteiger partial charge in [0.1, 0.15) is 11.6 Å². The molecule has 0 spiro atoms. The summed E-state index contributed by atoms with van der Waals surface area (Å²) in [7, 11) is 0. The summed E-state index contributed by atoms with van der Waals surface area (Å²) in [6.07, 6.45) is 3.39. The first-order chi connectivity index (χ1) is 17.0. The fourth-order valence-electron chi connectivity index (χ4n) is 4.05. The number of oxazole rings is 1. The highest BCUT2D eigenvalue weighted by Gasteiger charge is 2.33. The third-order valence-electron chi connectivity index (χ3n) is 5.85. The van der Waals surface area contributed by atoms with Gasteiger partial charge in [-0.15, -0.1) is 0 Å². The standard InChI is InChI=1S/C25H21FN4O5/c26-17-4-1-2-6-20(17)34-25-27-14-18-23(29-25)35-22(28-18)16-10-7-15(8-11-16)9-12-21(31)30-13-3-5-19(30)24(32)33/h1-2,4,6-8,10-11,14,19H,3,5,9,12-13H2,(H,32,33)/t19-/m0/s1. The maximum absolute atomic E-state index is 13.8. The molecule has 0 radical (unpaired) electrons. The predicted octanol–water partition coefficient (Wildman–Crippen LogP) is 4.22. The van der Waals surface area contributed by atoms with E-state index in [9.17, 15) is 19.1 Å². The minimum absolute atomic E-state index is 0.00358. The van der Waals surface area contributed by atoms with Gasteiger partial charge in [0.2, 0.25) is 11.8 Å². The van der Waals surface area contributed by atoms with Crippen LogP contribution in [-0.4, -0.2) is 49.4 Å². The van der Waals surface area contributed by atoms with E-state index in [1.807, 2.05) is 24.3 Å². The average molecular weight is 476 g/mol. The molecule has 3 heterocycles. The van der Waals surface area contributed by atoms with Gasteiger partial charge in [0.25, 0.3) is 5.71 Å². The zero-order valence-electron chi connectivity index (χ0n) is 18.6. The minimum Gasteiger partial charge on any atom is -0.480 e. The molecule has 0 aliphatic carbocycles. The highest BCUT2D eigenvalue weighted by atomic mass is 19.1. The quantitative estimate of drug-likeness (QED) is 0.421. The second-order valence-corrected chi connectivity index (χ2v) is 8.17. The van der Waals surface area contributed by atoms with Gasteiger partial charge in [-0.2, -0.15) is 4.98 Å². The Hall–Kier alpha value is -4.34. The molecule has 1 atom stereocenters. The van der Waals surface area contributed by atoms with Gasteiger partial charge in [-0.1, -0.05) is 24.3 Å². The fraction of sp³-hybridized carbons (Fsp3) is 0.240. The molecule has 0 saturated carbocycles. The molecular formula is C25H21FN4O5. The van der Waals surface area contributed by atoms with Gasteiger partial charge in [-0.25, -0.2) is 19.2 Å². The van der Waals surface area contributed by atoms with Crippen LogP contribution >= 0.6 is 0 Å². The van der Waals surface area contributed by atoms with E-state index in [1.54, 1.807) is 12.1 Å². The molecule has 0 unspecified atom stereocenters. The van der Waals surface area contributed by atoms with Crippen LogP contribution in [0.1, 0.15) is 24.8 Å². The summed E-state index contributed by atoms with van der Waals surface area (Å²) in [6, 6.07) is 12.6. The number of benzene rings is 2. The number of amides is 1. The molecule has 5 rings (SSSR count). The maximum Gasteiger partial charge on any atom is 0.326 e. The van der Waals surface area contributed by atoms with Crippen LogP contribution < -0.4 is 4.74 Å². The first-order valence-electron chi connectivity index (χ1n) is 11.2. The Morgan fingerprint density at radius 2 is 1.94 bits per heavy atom. The number of aryl methyl sites for hydroxylation is 1. The second-order valence-electron chi connectivity index (χ2n) is 8.17. The van der Waals surface area contributed by atoms with Gasteiger partial charge in [0.15, 0.2) is 11.6 Å². The van der Waals surface area contributed by atoms with Crippen LogP contribution in [-0.2, 0) is 16.0 Å². The number of aromatic nitrogens is 3. The molecular weight excluding hydrogens is 455 g/mol. The largest absolute Gasteiger partial charge is 0.480 e. The van der Waals surface area contributed by atoms with Gasteiger partial charge in [-0.05, 0) is 49.1 Å². The average Bonchev–Trinajstić information content (AvgIpc) is 3.52. The summed E-state index contributed by atoms with van der Waals surface area (Å²) < 4.78 is 25.0. The van der Waals surface area contributed by atoms with E-state index in [-0.39, 0.29) is 29.8 Å². The molecule has 2 aromatic carbocycles. The normalized spacial score (nSPS) is 15.5. The lowest BCUT2D eigenvalue weighted by atomic mass is 10.1. The number of hydrogen-bond donors (Lipinski definition) is 1. The van der Waals surface area contributed by atoms with Crippen molar-refractivity contribution in [1.82, 2.24) is 19.9 Å². The Morgan fingerprint density at radius 1 is 1.14 bits per heavy atom. The summed E-state index contributed by atoms with van der Waals surface area (Å²) in [5.74, 6) is -1.29. The number of halogens is 1. The maximum atomic E-state index is 13.8. The van der Waals surface area contributed by atoms with Gasteiger partial charge < -0.3 is 19.2 Å². The SMILES string of the molecule is O=C(O)[C@@H]1CCCN1C(=O)CCc1ccc(-c2nc3cnc(Oc4ccccc4F)nc3o2)cc1. The molecule has 1 fully saturated rings. The second kappa shape index (κ2) is 9.49. The smallest absolute Gasteiger partial charge is 0.326 e. The fourth-order valence-corrected chi connectivity index (χ4v) is 4.05. The third-order valence-corrected chi connectivity index (χ3v) is 5.85. The topological polar surface area (TPSA) is 119 Å². The number of aliphatic carboxylic acids is 1. The number of rotatable bonds is 7. The number of carboxylic acid groups (broad SMARTS) is 1. The summed E-state index contributed by atoms with van der Waals surface area (Å²) >= 11 is 0. The van der Waals surface area contributed by atoms with Crippen LogP contribution in [0.2, 0.25) is 0 Å². The molecule has 9 nitrogen and oxygen atoms in total. The molecule has 4 aromatic rings. The van der Waals surface area contributed by atoms with Crippen LogP contribution in [0.4, 0.5) is 4.39 Å². The van der Waals surface area contributed by atoms with Crippen molar-refractivity contribution in [3.63, 3.8) is 0 Å². The van der Waals surface area contributed by atoms with E-state index in [4.69, 9.17) is 9.15 Å². The summed E-state index contributed by atoms with van der Waals surface area (Å²) in [6.45, 7) is 0.488. The first-order valence-corrected chi connectivity index (χ1v) is 11.2. The number of carbonyl (C=O) groups excluding carboxylic acids is 1. The highest BCUT2D eigenvalue weighted by molar-refractivity contribution is 5.84. The van der Waals surface area contributed by atoms with E-state index >= 15 is 0 Å². The molecule has 1 saturated heterocycles. The number of carbonyl (C=O) groups is 2. The Kier molecular flexibility index (Phi) is 6.09. The molecule has 1 amide bonds. The summed E-state index contributed by atoms with van der Waals surface area (Å²) in [5, 5.41) is 9.26.